The molecule has 1 fully saturated rings. The molecule has 1 aromatic heterocycles. The van der Waals surface area contributed by atoms with E-state index in [0.717, 1.165) is 29.8 Å². The Bertz CT molecular complexity index is 815. The minimum Gasteiger partial charge on any atom is -0.496 e. The van der Waals surface area contributed by atoms with Crippen LogP contribution < -0.4 is 4.74 Å². The molecule has 3 rings (SSSR count). The standard InChI is InChI=1S/C19H23N3O4/c1-13-10-14(5-6-17(13)26-2)19(25)21-9-3-4-15(11-21)16-7-8-20-22(16)12-18(23)24/h5-8,10,15H,3-4,9,11-12H2,1-2H3,(H,23,24)/t15-/m0/s1. The average Bonchev–Trinajstić information content (AvgIpc) is 3.08. The summed E-state index contributed by atoms with van der Waals surface area (Å²) in [5, 5.41) is 13.1. The number of hydrogen-bond acceptors (Lipinski definition) is 4. The Balaban J connectivity index is 1.76. The van der Waals surface area contributed by atoms with Gasteiger partial charge in [0.15, 0.2) is 0 Å². The Morgan fingerprint density at radius 1 is 1.35 bits per heavy atom. The highest BCUT2D eigenvalue weighted by Gasteiger charge is 2.28. The van der Waals surface area contributed by atoms with Crippen LogP contribution in [0.3, 0.4) is 0 Å². The van der Waals surface area contributed by atoms with Gasteiger partial charge in [-0.2, -0.15) is 5.10 Å². The first-order valence-corrected chi connectivity index (χ1v) is 8.67. The Labute approximate surface area is 152 Å². The molecule has 7 nitrogen and oxygen atoms in total. The lowest BCUT2D eigenvalue weighted by Crippen LogP contribution is -2.39. The molecule has 1 aliphatic rings. The van der Waals surface area contributed by atoms with Gasteiger partial charge in [-0.25, -0.2) is 0 Å². The van der Waals surface area contributed by atoms with E-state index in [0.29, 0.717) is 18.7 Å². The number of carbonyl (C=O) groups is 2. The Morgan fingerprint density at radius 3 is 2.85 bits per heavy atom. The normalized spacial score (nSPS) is 17.2. The number of hydrogen-bond donors (Lipinski definition) is 1. The maximum atomic E-state index is 12.9. The highest BCUT2D eigenvalue weighted by molar-refractivity contribution is 5.94. The third-order valence-corrected chi connectivity index (χ3v) is 4.80. The number of rotatable bonds is 5. The van der Waals surface area contributed by atoms with Gasteiger partial charge in [-0.15, -0.1) is 0 Å². The zero-order chi connectivity index (χ0) is 18.7. The van der Waals surface area contributed by atoms with Crippen molar-refractivity contribution in [3.63, 3.8) is 0 Å². The van der Waals surface area contributed by atoms with Crippen LogP contribution in [0.25, 0.3) is 0 Å². The summed E-state index contributed by atoms with van der Waals surface area (Å²) in [5.41, 5.74) is 2.44. The number of piperidine rings is 1. The molecule has 26 heavy (non-hydrogen) atoms. The number of aromatic nitrogens is 2. The van der Waals surface area contributed by atoms with E-state index in [-0.39, 0.29) is 18.4 Å². The van der Waals surface area contributed by atoms with Crippen LogP contribution in [0.5, 0.6) is 5.75 Å². The largest absolute Gasteiger partial charge is 0.496 e. The number of amides is 1. The molecule has 1 saturated heterocycles. The molecule has 0 unspecified atom stereocenters. The molecule has 2 aromatic rings. The van der Waals surface area contributed by atoms with Crippen molar-refractivity contribution in [1.29, 1.82) is 0 Å². The maximum absolute atomic E-state index is 12.9. The number of carbonyl (C=O) groups excluding carboxylic acids is 1. The van der Waals surface area contributed by atoms with Crippen molar-refractivity contribution in [2.24, 2.45) is 0 Å². The fraction of sp³-hybridized carbons (Fsp3) is 0.421. The number of ether oxygens (including phenoxy) is 1. The van der Waals surface area contributed by atoms with E-state index in [1.165, 1.54) is 4.68 Å². The van der Waals surface area contributed by atoms with Crippen molar-refractivity contribution in [3.05, 3.63) is 47.3 Å². The van der Waals surface area contributed by atoms with Crippen molar-refractivity contribution < 1.29 is 19.4 Å². The first-order chi connectivity index (χ1) is 12.5. The van der Waals surface area contributed by atoms with Crippen molar-refractivity contribution in [2.45, 2.75) is 32.2 Å². The predicted molar refractivity (Wildman–Crippen MR) is 95.5 cm³/mol. The first kappa shape index (κ1) is 18.0. The van der Waals surface area contributed by atoms with Crippen LogP contribution in [0.1, 0.15) is 40.4 Å². The van der Waals surface area contributed by atoms with E-state index in [1.807, 2.05) is 30.0 Å². The number of methoxy groups -OCH3 is 1. The van der Waals surface area contributed by atoms with Gasteiger partial charge in [-0.05, 0) is 49.6 Å². The second kappa shape index (κ2) is 7.59. The summed E-state index contributed by atoms with van der Waals surface area (Å²) in [4.78, 5) is 25.7. The fourth-order valence-corrected chi connectivity index (χ4v) is 3.55. The SMILES string of the molecule is COc1ccc(C(=O)N2CCC[C@H](c3ccnn3CC(=O)O)C2)cc1C. The number of benzene rings is 1. The molecule has 0 spiro atoms. The lowest BCUT2D eigenvalue weighted by Gasteiger charge is -2.33. The average molecular weight is 357 g/mol. The number of aryl methyl sites for hydroxylation is 1. The molecular formula is C19H23N3O4. The molecule has 7 heteroatoms. The van der Waals surface area contributed by atoms with Gasteiger partial charge >= 0.3 is 5.97 Å². The van der Waals surface area contributed by atoms with Crippen molar-refractivity contribution >= 4 is 11.9 Å². The van der Waals surface area contributed by atoms with Crippen molar-refractivity contribution in [3.8, 4) is 5.75 Å². The molecule has 1 atom stereocenters. The summed E-state index contributed by atoms with van der Waals surface area (Å²) < 4.78 is 6.77. The quantitative estimate of drug-likeness (QED) is 0.888. The Morgan fingerprint density at radius 2 is 2.15 bits per heavy atom. The fourth-order valence-electron chi connectivity index (χ4n) is 3.55. The summed E-state index contributed by atoms with van der Waals surface area (Å²) >= 11 is 0. The van der Waals surface area contributed by atoms with E-state index in [1.54, 1.807) is 19.4 Å². The summed E-state index contributed by atoms with van der Waals surface area (Å²) in [6, 6.07) is 7.29. The molecule has 1 aliphatic heterocycles. The zero-order valence-electron chi connectivity index (χ0n) is 15.0. The van der Waals surface area contributed by atoms with Gasteiger partial charge in [-0.3, -0.25) is 14.3 Å². The van der Waals surface area contributed by atoms with Gasteiger partial charge < -0.3 is 14.7 Å². The maximum Gasteiger partial charge on any atom is 0.325 e. The molecule has 1 amide bonds. The number of carboxylic acids is 1. The number of aliphatic carboxylic acids is 1. The minimum absolute atomic E-state index is 0.00949. The topological polar surface area (TPSA) is 84.7 Å². The van der Waals surface area contributed by atoms with E-state index >= 15 is 0 Å². The van der Waals surface area contributed by atoms with Gasteiger partial charge in [0.1, 0.15) is 12.3 Å². The second-order valence-corrected chi connectivity index (χ2v) is 6.58. The molecule has 2 heterocycles. The molecule has 1 N–H and O–H groups in total. The second-order valence-electron chi connectivity index (χ2n) is 6.58. The van der Waals surface area contributed by atoms with Crippen LogP contribution >= 0.6 is 0 Å². The molecule has 0 radical (unpaired) electrons. The Hall–Kier alpha value is -2.83. The van der Waals surface area contributed by atoms with Gasteiger partial charge in [0.2, 0.25) is 0 Å². The van der Waals surface area contributed by atoms with E-state index in [4.69, 9.17) is 9.84 Å². The minimum atomic E-state index is -0.924. The highest BCUT2D eigenvalue weighted by Crippen LogP contribution is 2.28. The van der Waals surface area contributed by atoms with Gasteiger partial charge in [-0.1, -0.05) is 0 Å². The van der Waals surface area contributed by atoms with Crippen LogP contribution in [-0.2, 0) is 11.3 Å². The van der Waals surface area contributed by atoms with E-state index in [9.17, 15) is 9.59 Å². The lowest BCUT2D eigenvalue weighted by molar-refractivity contribution is -0.137. The summed E-state index contributed by atoms with van der Waals surface area (Å²) in [7, 11) is 1.61. The van der Waals surface area contributed by atoms with E-state index < -0.39 is 5.97 Å². The highest BCUT2D eigenvalue weighted by atomic mass is 16.5. The zero-order valence-corrected chi connectivity index (χ0v) is 15.0. The first-order valence-electron chi connectivity index (χ1n) is 8.67. The number of likely N-dealkylation sites (tertiary alicyclic amines) is 1. The predicted octanol–water partition coefficient (Wildman–Crippen LogP) is 2.30. The van der Waals surface area contributed by atoms with Gasteiger partial charge in [0, 0.05) is 36.5 Å². The Kier molecular flexibility index (Phi) is 5.25. The van der Waals surface area contributed by atoms with Crippen LogP contribution in [0.15, 0.2) is 30.5 Å². The van der Waals surface area contributed by atoms with Crippen LogP contribution in [0, 0.1) is 6.92 Å². The summed E-state index contributed by atoms with van der Waals surface area (Å²) in [6.07, 6.45) is 3.41. The molecule has 0 saturated carbocycles. The van der Waals surface area contributed by atoms with E-state index in [2.05, 4.69) is 5.10 Å². The smallest absolute Gasteiger partial charge is 0.325 e. The number of nitrogens with zero attached hydrogens (tertiary/aromatic N) is 3. The number of carboxylic acid groups (broad SMARTS) is 1. The molecule has 138 valence electrons. The summed E-state index contributed by atoms with van der Waals surface area (Å²) in [5.74, 6) is -0.0818. The summed E-state index contributed by atoms with van der Waals surface area (Å²) in [6.45, 7) is 3.02. The molecule has 1 aromatic carbocycles. The van der Waals surface area contributed by atoms with Crippen LogP contribution in [-0.4, -0.2) is 51.9 Å². The van der Waals surface area contributed by atoms with Gasteiger partial charge in [0.25, 0.3) is 5.91 Å². The third-order valence-electron chi connectivity index (χ3n) is 4.80. The monoisotopic (exact) mass is 357 g/mol. The van der Waals surface area contributed by atoms with Gasteiger partial charge in [0.05, 0.1) is 7.11 Å². The van der Waals surface area contributed by atoms with Crippen molar-refractivity contribution in [2.75, 3.05) is 20.2 Å². The molecule has 0 aliphatic carbocycles. The van der Waals surface area contributed by atoms with Crippen molar-refractivity contribution in [1.82, 2.24) is 14.7 Å². The molecular weight excluding hydrogens is 334 g/mol. The van der Waals surface area contributed by atoms with Crippen LogP contribution in [0.2, 0.25) is 0 Å². The molecule has 0 bridgehead atoms. The third kappa shape index (κ3) is 3.71. The van der Waals surface area contributed by atoms with Crippen LogP contribution in [0.4, 0.5) is 0 Å². The lowest BCUT2D eigenvalue weighted by atomic mass is 9.94.